The SMILES string of the molecule is CCn1c(-c2ccc(OC)cc2)nnc1C(S)c1nc2ccccc2[nH]1. The number of H-pyrrole nitrogens is 1. The van der Waals surface area contributed by atoms with E-state index in [0.29, 0.717) is 0 Å². The lowest BCUT2D eigenvalue weighted by Gasteiger charge is -2.11. The molecule has 2 aromatic heterocycles. The largest absolute Gasteiger partial charge is 0.497 e. The highest BCUT2D eigenvalue weighted by Crippen LogP contribution is 2.30. The quantitative estimate of drug-likeness (QED) is 0.527. The number of hydrogen-bond donors (Lipinski definition) is 2. The maximum atomic E-state index is 5.22. The third kappa shape index (κ3) is 2.84. The van der Waals surface area contributed by atoms with E-state index in [4.69, 9.17) is 17.4 Å². The number of ether oxygens (including phenoxy) is 1. The molecule has 6 nitrogen and oxygen atoms in total. The Balaban J connectivity index is 1.73. The van der Waals surface area contributed by atoms with E-state index in [2.05, 4.69) is 31.7 Å². The Hall–Kier alpha value is -2.80. The van der Waals surface area contributed by atoms with Crippen molar-refractivity contribution in [3.05, 3.63) is 60.2 Å². The second-order valence-corrected chi connectivity index (χ2v) is 6.41. The normalized spacial score (nSPS) is 12.4. The van der Waals surface area contributed by atoms with Gasteiger partial charge in [0.2, 0.25) is 0 Å². The molecule has 0 saturated carbocycles. The summed E-state index contributed by atoms with van der Waals surface area (Å²) in [5.74, 6) is 3.14. The summed E-state index contributed by atoms with van der Waals surface area (Å²) in [5.41, 5.74) is 2.88. The van der Waals surface area contributed by atoms with Crippen molar-refractivity contribution in [2.75, 3.05) is 7.11 Å². The molecule has 1 unspecified atom stereocenters. The van der Waals surface area contributed by atoms with Crippen LogP contribution in [0.25, 0.3) is 22.4 Å². The van der Waals surface area contributed by atoms with Crippen LogP contribution in [0.15, 0.2) is 48.5 Å². The minimum absolute atomic E-state index is 0.290. The Morgan fingerprint density at radius 2 is 1.88 bits per heavy atom. The lowest BCUT2D eigenvalue weighted by atomic mass is 10.2. The van der Waals surface area contributed by atoms with Crippen molar-refractivity contribution in [1.29, 1.82) is 0 Å². The summed E-state index contributed by atoms with van der Waals surface area (Å²) in [7, 11) is 1.65. The van der Waals surface area contributed by atoms with Crippen LogP contribution >= 0.6 is 12.6 Å². The average Bonchev–Trinajstić information content (AvgIpc) is 3.31. The second-order valence-electron chi connectivity index (χ2n) is 5.90. The van der Waals surface area contributed by atoms with Crippen molar-refractivity contribution in [2.24, 2.45) is 0 Å². The summed E-state index contributed by atoms with van der Waals surface area (Å²) in [6.07, 6.45) is 0. The van der Waals surface area contributed by atoms with Crippen molar-refractivity contribution in [1.82, 2.24) is 24.7 Å². The molecule has 1 atom stereocenters. The Morgan fingerprint density at radius 3 is 2.58 bits per heavy atom. The molecule has 7 heteroatoms. The second kappa shape index (κ2) is 6.84. The van der Waals surface area contributed by atoms with Gasteiger partial charge in [0.05, 0.1) is 18.1 Å². The van der Waals surface area contributed by atoms with Crippen molar-refractivity contribution >= 4 is 23.7 Å². The van der Waals surface area contributed by atoms with Crippen molar-refractivity contribution in [3.63, 3.8) is 0 Å². The summed E-state index contributed by atoms with van der Waals surface area (Å²) in [6, 6.07) is 15.7. The lowest BCUT2D eigenvalue weighted by molar-refractivity contribution is 0.415. The Morgan fingerprint density at radius 1 is 1.12 bits per heavy atom. The molecule has 0 aliphatic carbocycles. The highest BCUT2D eigenvalue weighted by atomic mass is 32.1. The van der Waals surface area contributed by atoms with Gasteiger partial charge in [-0.25, -0.2) is 4.98 Å². The predicted octanol–water partition coefficient (Wildman–Crippen LogP) is 3.87. The third-order valence-corrected chi connectivity index (χ3v) is 4.83. The summed E-state index contributed by atoms with van der Waals surface area (Å²) < 4.78 is 7.29. The number of hydrogen-bond acceptors (Lipinski definition) is 5. The molecule has 1 N–H and O–H groups in total. The number of para-hydroxylation sites is 2. The molecule has 2 aromatic carbocycles. The minimum Gasteiger partial charge on any atom is -0.497 e. The minimum atomic E-state index is -0.290. The first-order valence-electron chi connectivity index (χ1n) is 8.41. The highest BCUT2D eigenvalue weighted by Gasteiger charge is 2.22. The zero-order valence-corrected chi connectivity index (χ0v) is 15.4. The van der Waals surface area contributed by atoms with E-state index in [1.807, 2.05) is 48.5 Å². The van der Waals surface area contributed by atoms with E-state index in [0.717, 1.165) is 46.4 Å². The van der Waals surface area contributed by atoms with Gasteiger partial charge in [-0.1, -0.05) is 12.1 Å². The number of aromatic nitrogens is 5. The Labute approximate surface area is 156 Å². The monoisotopic (exact) mass is 365 g/mol. The fraction of sp³-hybridized carbons (Fsp3) is 0.211. The maximum Gasteiger partial charge on any atom is 0.163 e. The van der Waals surface area contributed by atoms with Crippen LogP contribution in [0.2, 0.25) is 0 Å². The van der Waals surface area contributed by atoms with Gasteiger partial charge in [0.15, 0.2) is 11.6 Å². The Kier molecular flexibility index (Phi) is 4.38. The molecule has 132 valence electrons. The zero-order chi connectivity index (χ0) is 18.1. The van der Waals surface area contributed by atoms with Gasteiger partial charge >= 0.3 is 0 Å². The smallest absolute Gasteiger partial charge is 0.163 e. The van der Waals surface area contributed by atoms with Crippen molar-refractivity contribution < 1.29 is 4.74 Å². The highest BCUT2D eigenvalue weighted by molar-refractivity contribution is 7.80. The van der Waals surface area contributed by atoms with E-state index in [1.165, 1.54) is 0 Å². The average molecular weight is 365 g/mol. The molecule has 26 heavy (non-hydrogen) atoms. The molecule has 0 saturated heterocycles. The van der Waals surface area contributed by atoms with E-state index >= 15 is 0 Å². The molecular formula is C19H19N5OS. The predicted molar refractivity (Wildman–Crippen MR) is 105 cm³/mol. The maximum absolute atomic E-state index is 5.22. The number of aromatic amines is 1. The first-order chi connectivity index (χ1) is 12.7. The molecule has 4 rings (SSSR count). The van der Waals surface area contributed by atoms with Crippen molar-refractivity contribution in [2.45, 2.75) is 18.7 Å². The Bertz CT molecular complexity index is 1000. The van der Waals surface area contributed by atoms with Crippen LogP contribution in [0.3, 0.4) is 0 Å². The van der Waals surface area contributed by atoms with Gasteiger partial charge in [0.25, 0.3) is 0 Å². The number of nitrogens with zero attached hydrogens (tertiary/aromatic N) is 4. The molecule has 0 radical (unpaired) electrons. The van der Waals surface area contributed by atoms with Gasteiger partial charge in [0, 0.05) is 12.1 Å². The molecule has 0 spiro atoms. The van der Waals surface area contributed by atoms with Gasteiger partial charge in [0.1, 0.15) is 16.8 Å². The van der Waals surface area contributed by atoms with Crippen LogP contribution in [-0.2, 0) is 6.54 Å². The van der Waals surface area contributed by atoms with Gasteiger partial charge in [-0.15, -0.1) is 10.2 Å². The first-order valence-corrected chi connectivity index (χ1v) is 8.93. The van der Waals surface area contributed by atoms with Crippen molar-refractivity contribution in [3.8, 4) is 17.1 Å². The van der Waals surface area contributed by atoms with Crippen LogP contribution in [0, 0.1) is 0 Å². The van der Waals surface area contributed by atoms with Crippen LogP contribution in [0.4, 0.5) is 0 Å². The fourth-order valence-electron chi connectivity index (χ4n) is 3.01. The van der Waals surface area contributed by atoms with Gasteiger partial charge in [-0.05, 0) is 43.3 Å². The number of fused-ring (bicyclic) bond motifs is 1. The summed E-state index contributed by atoms with van der Waals surface area (Å²) >= 11 is 4.76. The molecule has 0 amide bonds. The number of thiol groups is 1. The van der Waals surface area contributed by atoms with E-state index in [9.17, 15) is 0 Å². The zero-order valence-electron chi connectivity index (χ0n) is 14.5. The molecule has 2 heterocycles. The van der Waals surface area contributed by atoms with Gasteiger partial charge < -0.3 is 14.3 Å². The number of benzene rings is 2. The van der Waals surface area contributed by atoms with Crippen LogP contribution in [0.5, 0.6) is 5.75 Å². The summed E-state index contributed by atoms with van der Waals surface area (Å²) in [5, 5.41) is 8.50. The number of rotatable bonds is 5. The lowest BCUT2D eigenvalue weighted by Crippen LogP contribution is -2.08. The van der Waals surface area contributed by atoms with E-state index in [-0.39, 0.29) is 5.25 Å². The summed E-state index contributed by atoms with van der Waals surface area (Å²) in [6.45, 7) is 2.81. The molecule has 0 aliphatic heterocycles. The standard InChI is InChI=1S/C19H19N5OS/c1-3-24-18(12-8-10-13(25-2)11-9-12)22-23-19(24)16(26)17-20-14-6-4-5-7-15(14)21-17/h4-11,16,26H,3H2,1-2H3,(H,20,21). The molecular weight excluding hydrogens is 346 g/mol. The summed E-state index contributed by atoms with van der Waals surface area (Å²) in [4.78, 5) is 7.96. The topological polar surface area (TPSA) is 68.6 Å². The van der Waals surface area contributed by atoms with E-state index in [1.54, 1.807) is 7.11 Å². The number of methoxy groups -OCH3 is 1. The van der Waals surface area contributed by atoms with Crippen LogP contribution in [-0.4, -0.2) is 31.8 Å². The van der Waals surface area contributed by atoms with E-state index < -0.39 is 0 Å². The molecule has 0 fully saturated rings. The molecule has 4 aromatic rings. The van der Waals surface area contributed by atoms with Gasteiger partial charge in [-0.3, -0.25) is 0 Å². The number of nitrogens with one attached hydrogen (secondary N) is 1. The number of imidazole rings is 1. The molecule has 0 aliphatic rings. The molecule has 0 bridgehead atoms. The first kappa shape index (κ1) is 16.7. The van der Waals surface area contributed by atoms with Gasteiger partial charge in [-0.2, -0.15) is 12.6 Å². The van der Waals surface area contributed by atoms with Crippen LogP contribution < -0.4 is 4.74 Å². The third-order valence-electron chi connectivity index (χ3n) is 4.36. The fourth-order valence-corrected chi connectivity index (χ4v) is 3.32. The van der Waals surface area contributed by atoms with Crippen LogP contribution in [0.1, 0.15) is 23.8 Å².